The van der Waals surface area contributed by atoms with Crippen molar-refractivity contribution >= 4 is 23.2 Å². The fourth-order valence-electron chi connectivity index (χ4n) is 1.73. The molecule has 0 radical (unpaired) electrons. The fraction of sp³-hybridized carbons (Fsp3) is 0.417. The van der Waals surface area contributed by atoms with Gasteiger partial charge >= 0.3 is 0 Å². The van der Waals surface area contributed by atoms with Gasteiger partial charge in [-0.25, -0.2) is 4.39 Å². The van der Waals surface area contributed by atoms with Crippen molar-refractivity contribution in [2.24, 2.45) is 0 Å². The molecule has 0 aliphatic carbocycles. The maximum absolute atomic E-state index is 13.0. The number of hydrogen-bond donors (Lipinski definition) is 1. The molecule has 1 amide bonds. The summed E-state index contributed by atoms with van der Waals surface area (Å²) in [7, 11) is 0. The number of nitrogens with zero attached hydrogens (tertiary/aromatic N) is 1. The van der Waals surface area contributed by atoms with Crippen LogP contribution < -0.4 is 5.32 Å². The van der Waals surface area contributed by atoms with Crippen molar-refractivity contribution in [2.45, 2.75) is 0 Å². The van der Waals surface area contributed by atoms with Crippen LogP contribution in [0.1, 0.15) is 0 Å². The van der Waals surface area contributed by atoms with E-state index in [9.17, 15) is 9.18 Å². The minimum absolute atomic E-state index is 0.0429. The second-order valence-corrected chi connectivity index (χ2v) is 4.38. The largest absolute Gasteiger partial charge is 0.378 e. The highest BCUT2D eigenvalue weighted by molar-refractivity contribution is 6.33. The summed E-state index contributed by atoms with van der Waals surface area (Å²) in [5.74, 6) is -0.431. The summed E-state index contributed by atoms with van der Waals surface area (Å²) in [6.07, 6.45) is 0. The van der Waals surface area contributed by atoms with Gasteiger partial charge in [-0.3, -0.25) is 4.79 Å². The highest BCUT2D eigenvalue weighted by atomic mass is 35.5. The average molecular weight is 273 g/mol. The molecule has 2 rings (SSSR count). The number of hydrogen-bond acceptors (Lipinski definition) is 3. The van der Waals surface area contributed by atoms with Crippen LogP contribution in [0, 0.1) is 5.82 Å². The first-order valence-corrected chi connectivity index (χ1v) is 6.09. The molecule has 0 aromatic heterocycles. The van der Waals surface area contributed by atoms with Crippen LogP contribution in [0.5, 0.6) is 0 Å². The minimum atomic E-state index is -0.388. The molecule has 1 heterocycles. The first-order valence-electron chi connectivity index (χ1n) is 5.71. The second-order valence-electron chi connectivity index (χ2n) is 3.97. The van der Waals surface area contributed by atoms with Crippen LogP contribution in [0.25, 0.3) is 0 Å². The van der Waals surface area contributed by atoms with Crippen molar-refractivity contribution in [3.8, 4) is 0 Å². The maximum atomic E-state index is 13.0. The van der Waals surface area contributed by atoms with Crippen LogP contribution in [0.4, 0.5) is 10.1 Å². The average Bonchev–Trinajstić information content (AvgIpc) is 2.40. The Kier molecular flexibility index (Phi) is 4.38. The van der Waals surface area contributed by atoms with Gasteiger partial charge in [0, 0.05) is 13.1 Å². The van der Waals surface area contributed by atoms with E-state index in [1.165, 1.54) is 18.2 Å². The molecule has 1 aliphatic heterocycles. The van der Waals surface area contributed by atoms with Crippen LogP contribution in [0.3, 0.4) is 0 Å². The molecule has 4 nitrogen and oxygen atoms in total. The van der Waals surface area contributed by atoms with Gasteiger partial charge in [0.05, 0.1) is 30.5 Å². The molecule has 98 valence electrons. The quantitative estimate of drug-likeness (QED) is 0.911. The molecule has 0 spiro atoms. The lowest BCUT2D eigenvalue weighted by Crippen LogP contribution is -2.43. The molecule has 0 saturated carbocycles. The zero-order valence-corrected chi connectivity index (χ0v) is 10.5. The van der Waals surface area contributed by atoms with Crippen LogP contribution in [-0.2, 0) is 9.53 Å². The number of ether oxygens (including phenoxy) is 1. The zero-order chi connectivity index (χ0) is 13.0. The van der Waals surface area contributed by atoms with Gasteiger partial charge in [0.2, 0.25) is 5.91 Å². The van der Waals surface area contributed by atoms with Crippen molar-refractivity contribution in [1.82, 2.24) is 4.90 Å². The molecular formula is C12H14ClFN2O2. The van der Waals surface area contributed by atoms with Gasteiger partial charge < -0.3 is 15.0 Å². The number of carbonyl (C=O) groups excluding carboxylic acids is 1. The molecule has 1 aliphatic rings. The van der Waals surface area contributed by atoms with Crippen LogP contribution in [0.2, 0.25) is 5.02 Å². The Morgan fingerprint density at radius 3 is 2.89 bits per heavy atom. The van der Waals surface area contributed by atoms with Crippen molar-refractivity contribution in [2.75, 3.05) is 38.2 Å². The lowest BCUT2D eigenvalue weighted by Gasteiger charge is -2.27. The number of morpholine rings is 1. The predicted molar refractivity (Wildman–Crippen MR) is 67.3 cm³/mol. The van der Waals surface area contributed by atoms with E-state index in [2.05, 4.69) is 5.32 Å². The molecule has 1 aromatic rings. The third-order valence-corrected chi connectivity index (χ3v) is 3.05. The summed E-state index contributed by atoms with van der Waals surface area (Å²) in [4.78, 5) is 13.6. The van der Waals surface area contributed by atoms with E-state index in [-0.39, 0.29) is 18.3 Å². The number of amides is 1. The second kappa shape index (κ2) is 6.02. The summed E-state index contributed by atoms with van der Waals surface area (Å²) in [5.41, 5.74) is 0.429. The molecular weight excluding hydrogens is 259 g/mol. The van der Waals surface area contributed by atoms with E-state index in [0.717, 1.165) is 0 Å². The molecule has 0 unspecified atom stereocenters. The first-order chi connectivity index (χ1) is 8.66. The number of nitrogens with one attached hydrogen (secondary N) is 1. The summed E-state index contributed by atoms with van der Waals surface area (Å²) in [6.45, 7) is 2.41. The molecule has 0 bridgehead atoms. The molecule has 18 heavy (non-hydrogen) atoms. The Morgan fingerprint density at radius 1 is 1.44 bits per heavy atom. The summed E-state index contributed by atoms with van der Waals surface area (Å²) >= 11 is 5.89. The van der Waals surface area contributed by atoms with Crippen molar-refractivity contribution < 1.29 is 13.9 Å². The van der Waals surface area contributed by atoms with E-state index in [4.69, 9.17) is 16.3 Å². The van der Waals surface area contributed by atoms with Crippen LogP contribution in [-0.4, -0.2) is 43.7 Å². The van der Waals surface area contributed by atoms with Crippen LogP contribution in [0.15, 0.2) is 18.2 Å². The Labute approximate surface area is 110 Å². The normalized spacial score (nSPS) is 15.6. The lowest BCUT2D eigenvalue weighted by molar-refractivity contribution is -0.133. The highest BCUT2D eigenvalue weighted by Gasteiger charge is 2.16. The Hall–Kier alpha value is -1.33. The van der Waals surface area contributed by atoms with E-state index >= 15 is 0 Å². The number of rotatable bonds is 3. The van der Waals surface area contributed by atoms with Crippen molar-refractivity contribution in [3.63, 3.8) is 0 Å². The Bertz CT molecular complexity index is 436. The van der Waals surface area contributed by atoms with Crippen LogP contribution >= 0.6 is 11.6 Å². The van der Waals surface area contributed by atoms with Crippen molar-refractivity contribution in [1.29, 1.82) is 0 Å². The number of carbonyl (C=O) groups is 1. The number of benzene rings is 1. The van der Waals surface area contributed by atoms with Gasteiger partial charge in [-0.05, 0) is 18.2 Å². The highest BCUT2D eigenvalue weighted by Crippen LogP contribution is 2.22. The minimum Gasteiger partial charge on any atom is -0.378 e. The fourth-order valence-corrected chi connectivity index (χ4v) is 1.91. The van der Waals surface area contributed by atoms with Crippen molar-refractivity contribution in [3.05, 3.63) is 29.0 Å². The van der Waals surface area contributed by atoms with E-state index in [1.807, 2.05) is 0 Å². The summed E-state index contributed by atoms with van der Waals surface area (Å²) < 4.78 is 18.2. The monoisotopic (exact) mass is 272 g/mol. The lowest BCUT2D eigenvalue weighted by atomic mass is 10.3. The van der Waals surface area contributed by atoms with Gasteiger partial charge in [0.25, 0.3) is 0 Å². The molecule has 1 fully saturated rings. The van der Waals surface area contributed by atoms with Gasteiger partial charge in [0.1, 0.15) is 5.82 Å². The van der Waals surface area contributed by atoms with Gasteiger partial charge in [-0.15, -0.1) is 0 Å². The maximum Gasteiger partial charge on any atom is 0.242 e. The third kappa shape index (κ3) is 3.34. The Morgan fingerprint density at radius 2 is 2.17 bits per heavy atom. The summed E-state index contributed by atoms with van der Waals surface area (Å²) in [5, 5.41) is 3.24. The molecule has 0 atom stereocenters. The zero-order valence-electron chi connectivity index (χ0n) is 9.79. The predicted octanol–water partition coefficient (Wildman–Crippen LogP) is 1.75. The molecule has 6 heteroatoms. The topological polar surface area (TPSA) is 41.6 Å². The number of anilines is 1. The molecule has 1 aromatic carbocycles. The first kappa shape index (κ1) is 13.1. The van der Waals surface area contributed by atoms with E-state index in [0.29, 0.717) is 37.0 Å². The van der Waals surface area contributed by atoms with E-state index in [1.54, 1.807) is 4.90 Å². The standard InChI is InChI=1S/C12H14ClFN2O2/c13-10-2-1-9(14)7-11(10)15-8-12(17)16-3-5-18-6-4-16/h1-2,7,15H,3-6,8H2. The third-order valence-electron chi connectivity index (χ3n) is 2.72. The SMILES string of the molecule is O=C(CNc1cc(F)ccc1Cl)N1CCOCC1. The smallest absolute Gasteiger partial charge is 0.242 e. The Balaban J connectivity index is 1.90. The molecule has 1 saturated heterocycles. The van der Waals surface area contributed by atoms with E-state index < -0.39 is 0 Å². The van der Waals surface area contributed by atoms with Gasteiger partial charge in [-0.1, -0.05) is 11.6 Å². The van der Waals surface area contributed by atoms with Gasteiger partial charge in [0.15, 0.2) is 0 Å². The number of halogens is 2. The summed E-state index contributed by atoms with van der Waals surface area (Å²) in [6, 6.07) is 4.00. The molecule has 1 N–H and O–H groups in total. The van der Waals surface area contributed by atoms with Gasteiger partial charge in [-0.2, -0.15) is 0 Å².